The first-order valence-corrected chi connectivity index (χ1v) is 6.48. The van der Waals surface area contributed by atoms with Crippen molar-refractivity contribution in [2.45, 2.75) is 39.4 Å². The van der Waals surface area contributed by atoms with Gasteiger partial charge in [0, 0.05) is 6.54 Å². The van der Waals surface area contributed by atoms with E-state index >= 15 is 0 Å². The molecule has 3 heteroatoms. The van der Waals surface area contributed by atoms with Crippen LogP contribution in [0.2, 0.25) is 0 Å². The van der Waals surface area contributed by atoms with Crippen LogP contribution >= 0.6 is 0 Å². The molecule has 0 amide bonds. The molecule has 3 nitrogen and oxygen atoms in total. The van der Waals surface area contributed by atoms with Crippen LogP contribution in [0.1, 0.15) is 39.4 Å². The molecular weight excluding hydrogens is 226 g/mol. The molecule has 102 valence electrons. The summed E-state index contributed by atoms with van der Waals surface area (Å²) in [7, 11) is 1.68. The van der Waals surface area contributed by atoms with Crippen LogP contribution in [0.3, 0.4) is 0 Å². The highest BCUT2D eigenvalue weighted by atomic mass is 16.5. The molecule has 0 bridgehead atoms. The van der Waals surface area contributed by atoms with Crippen molar-refractivity contribution in [1.29, 1.82) is 0 Å². The maximum Gasteiger partial charge on any atom is 0.119 e. The Kier molecular flexibility index (Phi) is 5.63. The quantitative estimate of drug-likeness (QED) is 0.842. The molecule has 0 saturated heterocycles. The molecule has 1 aromatic rings. The molecule has 0 heterocycles. The number of ether oxygens (including phenoxy) is 2. The van der Waals surface area contributed by atoms with E-state index in [1.54, 1.807) is 7.11 Å². The first-order valence-electron chi connectivity index (χ1n) is 6.48. The molecule has 0 fully saturated rings. The smallest absolute Gasteiger partial charge is 0.119 e. The predicted octanol–water partition coefficient (Wildman–Crippen LogP) is 3.16. The highest BCUT2D eigenvalue weighted by Gasteiger charge is 2.20. The maximum atomic E-state index is 6.11. The third-order valence-corrected chi connectivity index (χ3v) is 2.54. The average molecular weight is 251 g/mol. The molecule has 0 aliphatic heterocycles. The Bertz CT molecular complexity index is 358. The summed E-state index contributed by atoms with van der Waals surface area (Å²) >= 11 is 0. The van der Waals surface area contributed by atoms with E-state index in [-0.39, 0.29) is 11.7 Å². The number of methoxy groups -OCH3 is 1. The molecule has 0 aromatic heterocycles. The van der Waals surface area contributed by atoms with Crippen molar-refractivity contribution in [3.8, 4) is 5.75 Å². The van der Waals surface area contributed by atoms with Gasteiger partial charge in [0.15, 0.2) is 0 Å². The minimum absolute atomic E-state index is 0.0417. The summed E-state index contributed by atoms with van der Waals surface area (Å²) in [6, 6.07) is 8.06. The van der Waals surface area contributed by atoms with Crippen molar-refractivity contribution in [2.75, 3.05) is 20.2 Å². The molecular formula is C15H25NO2. The second-order valence-corrected chi connectivity index (χ2v) is 5.30. The van der Waals surface area contributed by atoms with Crippen LogP contribution in [0.4, 0.5) is 0 Å². The fourth-order valence-corrected chi connectivity index (χ4v) is 1.77. The van der Waals surface area contributed by atoms with Gasteiger partial charge in [-0.3, -0.25) is 0 Å². The lowest BCUT2D eigenvalue weighted by Crippen LogP contribution is -2.30. The molecule has 18 heavy (non-hydrogen) atoms. The lowest BCUT2D eigenvalue weighted by Gasteiger charge is -2.28. The first kappa shape index (κ1) is 15.0. The minimum Gasteiger partial charge on any atom is -0.497 e. The largest absolute Gasteiger partial charge is 0.497 e. The Morgan fingerprint density at radius 1 is 1.28 bits per heavy atom. The van der Waals surface area contributed by atoms with E-state index in [1.807, 2.05) is 18.2 Å². The topological polar surface area (TPSA) is 30.5 Å². The van der Waals surface area contributed by atoms with Crippen LogP contribution in [-0.4, -0.2) is 25.8 Å². The van der Waals surface area contributed by atoms with Crippen molar-refractivity contribution >= 4 is 0 Å². The van der Waals surface area contributed by atoms with Gasteiger partial charge in [-0.25, -0.2) is 0 Å². The van der Waals surface area contributed by atoms with Gasteiger partial charge in [0.25, 0.3) is 0 Å². The molecule has 1 atom stereocenters. The predicted molar refractivity (Wildman–Crippen MR) is 75.1 cm³/mol. The number of hydrogen-bond donors (Lipinski definition) is 1. The van der Waals surface area contributed by atoms with E-state index in [9.17, 15) is 0 Å². The molecule has 1 rings (SSSR count). The van der Waals surface area contributed by atoms with Crippen LogP contribution in [-0.2, 0) is 4.74 Å². The van der Waals surface area contributed by atoms with Gasteiger partial charge in [-0.2, -0.15) is 0 Å². The summed E-state index contributed by atoms with van der Waals surface area (Å²) < 4.78 is 11.4. The van der Waals surface area contributed by atoms with E-state index in [0.29, 0.717) is 0 Å². The highest BCUT2D eigenvalue weighted by Crippen LogP contribution is 2.26. The standard InChI is InChI=1S/C15H25NO2/c1-6-16-11-14(18-15(2,3)4)12-8-7-9-13(10-12)17-5/h7-10,14,16H,6,11H2,1-5H3. The second kappa shape index (κ2) is 6.76. The van der Waals surface area contributed by atoms with E-state index in [1.165, 1.54) is 0 Å². The van der Waals surface area contributed by atoms with E-state index in [2.05, 4.69) is 39.1 Å². The Hall–Kier alpha value is -1.06. The number of hydrogen-bond acceptors (Lipinski definition) is 3. The Morgan fingerprint density at radius 3 is 2.56 bits per heavy atom. The summed E-state index contributed by atoms with van der Waals surface area (Å²) in [4.78, 5) is 0. The minimum atomic E-state index is -0.164. The summed E-state index contributed by atoms with van der Waals surface area (Å²) in [6.07, 6.45) is 0.0417. The third-order valence-electron chi connectivity index (χ3n) is 2.54. The molecule has 0 aliphatic carbocycles. The molecule has 0 spiro atoms. The van der Waals surface area contributed by atoms with Crippen LogP contribution in [0.15, 0.2) is 24.3 Å². The summed E-state index contributed by atoms with van der Waals surface area (Å²) in [5, 5.41) is 3.34. The summed E-state index contributed by atoms with van der Waals surface area (Å²) in [6.45, 7) is 10.1. The Labute approximate surface area is 110 Å². The van der Waals surface area contributed by atoms with Gasteiger partial charge < -0.3 is 14.8 Å². The molecule has 0 radical (unpaired) electrons. The lowest BCUT2D eigenvalue weighted by atomic mass is 10.1. The van der Waals surface area contributed by atoms with Gasteiger partial charge in [-0.1, -0.05) is 19.1 Å². The zero-order chi connectivity index (χ0) is 13.6. The fraction of sp³-hybridized carbons (Fsp3) is 0.600. The summed E-state index contributed by atoms with van der Waals surface area (Å²) in [5.74, 6) is 0.867. The number of likely N-dealkylation sites (N-methyl/N-ethyl adjacent to an activating group) is 1. The third kappa shape index (κ3) is 5.07. The molecule has 0 aliphatic rings. The number of rotatable bonds is 6. The van der Waals surface area contributed by atoms with Gasteiger partial charge in [-0.05, 0) is 45.0 Å². The Balaban J connectivity index is 2.86. The van der Waals surface area contributed by atoms with E-state index in [0.717, 1.165) is 24.4 Å². The fourth-order valence-electron chi connectivity index (χ4n) is 1.77. The van der Waals surface area contributed by atoms with Crippen LogP contribution in [0, 0.1) is 0 Å². The maximum absolute atomic E-state index is 6.11. The van der Waals surface area contributed by atoms with Gasteiger partial charge >= 0.3 is 0 Å². The van der Waals surface area contributed by atoms with Crippen molar-refractivity contribution in [3.63, 3.8) is 0 Å². The zero-order valence-electron chi connectivity index (χ0n) is 12.1. The van der Waals surface area contributed by atoms with Gasteiger partial charge in [0.05, 0.1) is 18.8 Å². The molecule has 1 N–H and O–H groups in total. The van der Waals surface area contributed by atoms with Crippen molar-refractivity contribution in [2.24, 2.45) is 0 Å². The van der Waals surface area contributed by atoms with Gasteiger partial charge in [-0.15, -0.1) is 0 Å². The van der Waals surface area contributed by atoms with Crippen molar-refractivity contribution in [3.05, 3.63) is 29.8 Å². The molecule has 1 unspecified atom stereocenters. The lowest BCUT2D eigenvalue weighted by molar-refractivity contribution is -0.0605. The van der Waals surface area contributed by atoms with Crippen molar-refractivity contribution < 1.29 is 9.47 Å². The first-order chi connectivity index (χ1) is 8.46. The van der Waals surface area contributed by atoms with E-state index in [4.69, 9.17) is 9.47 Å². The SMILES string of the molecule is CCNCC(OC(C)(C)C)c1cccc(OC)c1. The Morgan fingerprint density at radius 2 is 2.00 bits per heavy atom. The van der Waals surface area contributed by atoms with Crippen LogP contribution < -0.4 is 10.1 Å². The zero-order valence-corrected chi connectivity index (χ0v) is 12.1. The molecule has 0 saturated carbocycles. The molecule has 1 aromatic carbocycles. The van der Waals surface area contributed by atoms with Crippen LogP contribution in [0.25, 0.3) is 0 Å². The monoisotopic (exact) mass is 251 g/mol. The number of benzene rings is 1. The van der Waals surface area contributed by atoms with Crippen LogP contribution in [0.5, 0.6) is 5.75 Å². The number of nitrogens with one attached hydrogen (secondary N) is 1. The van der Waals surface area contributed by atoms with Gasteiger partial charge in [0.1, 0.15) is 5.75 Å². The summed E-state index contributed by atoms with van der Waals surface area (Å²) in [5.41, 5.74) is 0.980. The highest BCUT2D eigenvalue weighted by molar-refractivity contribution is 5.30. The second-order valence-electron chi connectivity index (χ2n) is 5.30. The van der Waals surface area contributed by atoms with Gasteiger partial charge in [0.2, 0.25) is 0 Å². The van der Waals surface area contributed by atoms with Crippen molar-refractivity contribution in [1.82, 2.24) is 5.32 Å². The van der Waals surface area contributed by atoms with E-state index < -0.39 is 0 Å². The average Bonchev–Trinajstić information content (AvgIpc) is 2.33. The normalized spacial score (nSPS) is 13.4.